The number of esters is 1. The number of piperazine rings is 1. The number of nitrogens with zero attached hydrogens (tertiary/aromatic N) is 4. The first kappa shape index (κ1) is 19.1. The smallest absolute Gasteiger partial charge is 0.341 e. The van der Waals surface area contributed by atoms with E-state index in [1.54, 1.807) is 29.0 Å². The second-order valence-electron chi connectivity index (χ2n) is 6.30. The van der Waals surface area contributed by atoms with Crippen LogP contribution in [0.2, 0.25) is 0 Å². The van der Waals surface area contributed by atoms with Crippen LogP contribution in [0.4, 0.5) is 5.69 Å². The fraction of sp³-hybridized carbons (Fsp3) is 0.556. The second kappa shape index (κ2) is 8.81. The molecule has 2 aliphatic heterocycles. The molecule has 0 aliphatic carbocycles. The van der Waals surface area contributed by atoms with Crippen LogP contribution in [0.25, 0.3) is 0 Å². The summed E-state index contributed by atoms with van der Waals surface area (Å²) in [5.74, 6) is -1.36. The summed E-state index contributed by atoms with van der Waals surface area (Å²) in [7, 11) is 0. The number of carbonyl (C=O) groups excluding carboxylic acids is 3. The molecule has 0 N–H and O–H groups in total. The van der Waals surface area contributed by atoms with Crippen molar-refractivity contribution >= 4 is 23.5 Å². The van der Waals surface area contributed by atoms with Crippen molar-refractivity contribution in [2.45, 2.75) is 6.92 Å². The van der Waals surface area contributed by atoms with Crippen molar-refractivity contribution in [1.29, 1.82) is 0 Å². The van der Waals surface area contributed by atoms with Crippen LogP contribution in [0.15, 0.2) is 18.5 Å². The Morgan fingerprint density at radius 2 is 1.67 bits per heavy atom. The maximum Gasteiger partial charge on any atom is 0.341 e. The lowest BCUT2D eigenvalue weighted by atomic mass is 10.2. The molecule has 2 fully saturated rings. The van der Waals surface area contributed by atoms with E-state index in [2.05, 4.69) is 4.98 Å². The number of morpholine rings is 1. The van der Waals surface area contributed by atoms with Crippen LogP contribution in [-0.4, -0.2) is 91.7 Å². The molecule has 27 heavy (non-hydrogen) atoms. The molecular weight excluding hydrogens is 352 g/mol. The molecule has 2 amide bonds. The number of pyridine rings is 1. The molecule has 3 rings (SSSR count). The molecule has 1 aromatic rings. The van der Waals surface area contributed by atoms with Crippen LogP contribution in [0.1, 0.15) is 17.3 Å². The van der Waals surface area contributed by atoms with E-state index in [0.717, 1.165) is 5.69 Å². The minimum absolute atomic E-state index is 0.291. The van der Waals surface area contributed by atoms with Gasteiger partial charge in [-0.1, -0.05) is 0 Å². The lowest BCUT2D eigenvalue weighted by molar-refractivity contribution is -0.154. The summed E-state index contributed by atoms with van der Waals surface area (Å²) in [5, 5.41) is 0. The van der Waals surface area contributed by atoms with E-state index in [9.17, 15) is 14.4 Å². The van der Waals surface area contributed by atoms with Crippen LogP contribution < -0.4 is 4.90 Å². The number of hydrogen-bond acceptors (Lipinski definition) is 7. The third-order valence-electron chi connectivity index (χ3n) is 4.68. The highest BCUT2D eigenvalue weighted by molar-refractivity contribution is 6.35. The zero-order chi connectivity index (χ0) is 19.2. The minimum atomic E-state index is -0.475. The van der Waals surface area contributed by atoms with E-state index in [0.29, 0.717) is 64.7 Å². The summed E-state index contributed by atoms with van der Waals surface area (Å²) in [5.41, 5.74) is 1.14. The predicted molar refractivity (Wildman–Crippen MR) is 96.4 cm³/mol. The molecule has 9 nitrogen and oxygen atoms in total. The number of ether oxygens (including phenoxy) is 2. The van der Waals surface area contributed by atoms with E-state index >= 15 is 0 Å². The normalized spacial score (nSPS) is 17.6. The monoisotopic (exact) mass is 376 g/mol. The van der Waals surface area contributed by atoms with Gasteiger partial charge in [0.15, 0.2) is 0 Å². The molecule has 2 saturated heterocycles. The number of anilines is 1. The average Bonchev–Trinajstić information content (AvgIpc) is 2.73. The zero-order valence-electron chi connectivity index (χ0n) is 15.4. The lowest BCUT2D eigenvalue weighted by Crippen LogP contribution is -2.54. The summed E-state index contributed by atoms with van der Waals surface area (Å²) in [4.78, 5) is 46.1. The molecule has 2 aliphatic rings. The Labute approximate surface area is 157 Å². The van der Waals surface area contributed by atoms with Crippen molar-refractivity contribution in [3.8, 4) is 0 Å². The first-order valence-electron chi connectivity index (χ1n) is 9.13. The van der Waals surface area contributed by atoms with Gasteiger partial charge in [-0.2, -0.15) is 0 Å². The predicted octanol–water partition coefficient (Wildman–Crippen LogP) is -0.234. The van der Waals surface area contributed by atoms with E-state index in [-0.39, 0.29) is 0 Å². The van der Waals surface area contributed by atoms with Gasteiger partial charge in [0.1, 0.15) is 5.56 Å². The molecule has 0 atom stereocenters. The molecule has 146 valence electrons. The number of aromatic nitrogens is 1. The molecular formula is C18H24N4O5. The van der Waals surface area contributed by atoms with Crippen molar-refractivity contribution in [2.75, 3.05) is 64.0 Å². The Kier molecular flexibility index (Phi) is 6.23. The van der Waals surface area contributed by atoms with Gasteiger partial charge in [-0.3, -0.25) is 14.6 Å². The second-order valence-corrected chi connectivity index (χ2v) is 6.30. The highest BCUT2D eigenvalue weighted by Crippen LogP contribution is 2.22. The summed E-state index contributed by atoms with van der Waals surface area (Å²) >= 11 is 0. The van der Waals surface area contributed by atoms with Crippen molar-refractivity contribution in [3.63, 3.8) is 0 Å². The first-order valence-corrected chi connectivity index (χ1v) is 9.13. The number of amides is 2. The van der Waals surface area contributed by atoms with Gasteiger partial charge in [0.05, 0.1) is 25.5 Å². The maximum atomic E-state index is 12.5. The summed E-state index contributed by atoms with van der Waals surface area (Å²) in [6.45, 7) is 5.75. The fourth-order valence-corrected chi connectivity index (χ4v) is 3.22. The Balaban J connectivity index is 1.61. The van der Waals surface area contributed by atoms with Gasteiger partial charge in [-0.25, -0.2) is 4.79 Å². The Hall–Kier alpha value is -2.68. The standard InChI is InChI=1S/C18H24N4O5/c1-2-27-18(25)14-13-19-4-3-15(14)20-5-7-21(8-6-20)16(23)17(24)22-9-11-26-12-10-22/h3-4,13H,2,5-12H2,1H3. The number of rotatable bonds is 3. The SMILES string of the molecule is CCOC(=O)c1cnccc1N1CCN(C(=O)C(=O)N2CCOCC2)CC1. The quantitative estimate of drug-likeness (QED) is 0.531. The van der Waals surface area contributed by atoms with Gasteiger partial charge >= 0.3 is 17.8 Å². The highest BCUT2D eigenvalue weighted by atomic mass is 16.5. The summed E-state index contributed by atoms with van der Waals surface area (Å²) in [6.07, 6.45) is 3.12. The fourth-order valence-electron chi connectivity index (χ4n) is 3.22. The molecule has 0 unspecified atom stereocenters. The third kappa shape index (κ3) is 4.36. The van der Waals surface area contributed by atoms with E-state index < -0.39 is 17.8 Å². The molecule has 0 saturated carbocycles. The Morgan fingerprint density at radius 3 is 2.30 bits per heavy atom. The van der Waals surface area contributed by atoms with Crippen molar-refractivity contribution in [1.82, 2.24) is 14.8 Å². The molecule has 9 heteroatoms. The van der Waals surface area contributed by atoms with Gasteiger partial charge < -0.3 is 24.2 Å². The van der Waals surface area contributed by atoms with Gasteiger partial charge in [-0.15, -0.1) is 0 Å². The zero-order valence-corrected chi connectivity index (χ0v) is 15.4. The van der Waals surface area contributed by atoms with Crippen LogP contribution in [0.5, 0.6) is 0 Å². The Bertz CT molecular complexity index is 697. The van der Waals surface area contributed by atoms with E-state index in [1.807, 2.05) is 4.90 Å². The Morgan fingerprint density at radius 1 is 1.04 bits per heavy atom. The molecule has 0 aromatic carbocycles. The topological polar surface area (TPSA) is 92.3 Å². The first-order chi connectivity index (χ1) is 13.1. The third-order valence-corrected chi connectivity index (χ3v) is 4.68. The molecule has 1 aromatic heterocycles. The van der Waals surface area contributed by atoms with E-state index in [4.69, 9.17) is 9.47 Å². The number of hydrogen-bond donors (Lipinski definition) is 0. The van der Waals surface area contributed by atoms with Crippen molar-refractivity contribution in [3.05, 3.63) is 24.0 Å². The molecule has 0 spiro atoms. The largest absolute Gasteiger partial charge is 0.462 e. The van der Waals surface area contributed by atoms with Crippen LogP contribution >= 0.6 is 0 Å². The van der Waals surface area contributed by atoms with Crippen LogP contribution in [0.3, 0.4) is 0 Å². The average molecular weight is 376 g/mol. The molecule has 3 heterocycles. The molecule has 0 bridgehead atoms. The maximum absolute atomic E-state index is 12.5. The summed E-state index contributed by atoms with van der Waals surface area (Å²) < 4.78 is 10.3. The van der Waals surface area contributed by atoms with Gasteiger partial charge in [-0.05, 0) is 13.0 Å². The van der Waals surface area contributed by atoms with Crippen molar-refractivity contribution in [2.24, 2.45) is 0 Å². The van der Waals surface area contributed by atoms with Crippen LogP contribution in [0, 0.1) is 0 Å². The van der Waals surface area contributed by atoms with E-state index in [1.165, 1.54) is 6.20 Å². The highest BCUT2D eigenvalue weighted by Gasteiger charge is 2.31. The summed E-state index contributed by atoms with van der Waals surface area (Å²) in [6, 6.07) is 1.77. The van der Waals surface area contributed by atoms with Crippen LogP contribution in [-0.2, 0) is 19.1 Å². The molecule has 0 radical (unpaired) electrons. The lowest BCUT2D eigenvalue weighted by Gasteiger charge is -2.37. The minimum Gasteiger partial charge on any atom is -0.462 e. The van der Waals surface area contributed by atoms with Gasteiger partial charge in [0, 0.05) is 51.7 Å². The van der Waals surface area contributed by atoms with Gasteiger partial charge in [0.25, 0.3) is 0 Å². The van der Waals surface area contributed by atoms with Crippen molar-refractivity contribution < 1.29 is 23.9 Å². The number of carbonyl (C=O) groups is 3. The van der Waals surface area contributed by atoms with Gasteiger partial charge in [0.2, 0.25) is 0 Å².